The number of fused-ring (bicyclic) bond motifs is 1. The Kier molecular flexibility index (Phi) is 1.99. The summed E-state index contributed by atoms with van der Waals surface area (Å²) in [4.78, 5) is 12.0. The molecule has 15 heavy (non-hydrogen) atoms. The Balaban J connectivity index is 2.07. The molecule has 1 aliphatic rings. The minimum atomic E-state index is 0.798. The zero-order valence-electron chi connectivity index (χ0n) is 8.33. The van der Waals surface area contributed by atoms with E-state index in [0.29, 0.717) is 0 Å². The lowest BCUT2D eigenvalue weighted by Gasteiger charge is -2.11. The summed E-state index contributed by atoms with van der Waals surface area (Å²) < 4.78 is 0. The first-order valence-corrected chi connectivity index (χ1v) is 5.14. The van der Waals surface area contributed by atoms with Crippen LogP contribution in [0.3, 0.4) is 0 Å². The van der Waals surface area contributed by atoms with Crippen LogP contribution in [0.4, 0.5) is 0 Å². The molecule has 3 rings (SSSR count). The molecule has 76 valence electrons. The van der Waals surface area contributed by atoms with Crippen LogP contribution in [-0.2, 0) is 0 Å². The summed E-state index contributed by atoms with van der Waals surface area (Å²) in [6.07, 6.45) is 4.98. The van der Waals surface area contributed by atoms with Crippen molar-refractivity contribution < 1.29 is 0 Å². The number of nitrogens with one attached hydrogen (secondary N) is 2. The highest BCUT2D eigenvalue weighted by Gasteiger charge is 2.10. The number of imidazole rings is 1. The Morgan fingerprint density at radius 3 is 3.13 bits per heavy atom. The number of rotatable bonds is 1. The maximum atomic E-state index is 4.47. The third-order valence-corrected chi connectivity index (χ3v) is 2.63. The normalized spacial score (nSPS) is 16.7. The molecule has 2 N–H and O–H groups in total. The minimum Gasteiger partial charge on any atom is -0.337 e. The van der Waals surface area contributed by atoms with Gasteiger partial charge in [0.1, 0.15) is 5.82 Å². The Hall–Kier alpha value is -1.68. The largest absolute Gasteiger partial charge is 0.337 e. The van der Waals surface area contributed by atoms with Crippen molar-refractivity contribution in [2.24, 2.45) is 0 Å². The average molecular weight is 200 g/mol. The fourth-order valence-corrected chi connectivity index (χ4v) is 1.83. The summed E-state index contributed by atoms with van der Waals surface area (Å²) in [5, 5.41) is 3.28. The Labute approximate surface area is 87.4 Å². The highest BCUT2D eigenvalue weighted by atomic mass is 15.0. The van der Waals surface area contributed by atoms with Crippen molar-refractivity contribution in [1.82, 2.24) is 20.3 Å². The molecule has 0 aromatic carbocycles. The number of pyridine rings is 1. The molecule has 0 atom stereocenters. The van der Waals surface area contributed by atoms with Gasteiger partial charge in [-0.15, -0.1) is 0 Å². The van der Waals surface area contributed by atoms with Crippen LogP contribution in [0.2, 0.25) is 0 Å². The van der Waals surface area contributed by atoms with E-state index in [9.17, 15) is 0 Å². The lowest BCUT2D eigenvalue weighted by molar-refractivity contribution is 0.735. The SMILES string of the molecule is C1=C(c2nc3ncccc3[nH]2)CCNC1. The maximum Gasteiger partial charge on any atom is 0.178 e. The summed E-state index contributed by atoms with van der Waals surface area (Å²) in [5.41, 5.74) is 3.09. The summed E-state index contributed by atoms with van der Waals surface area (Å²) >= 11 is 0. The monoisotopic (exact) mass is 200 g/mol. The predicted octanol–water partition coefficient (Wildman–Crippen LogP) is 1.33. The number of H-pyrrole nitrogens is 1. The van der Waals surface area contributed by atoms with Gasteiger partial charge in [0, 0.05) is 12.7 Å². The molecule has 0 aliphatic carbocycles. The number of hydrogen-bond donors (Lipinski definition) is 2. The number of nitrogens with zero attached hydrogens (tertiary/aromatic N) is 2. The smallest absolute Gasteiger partial charge is 0.178 e. The maximum absolute atomic E-state index is 4.47. The molecular weight excluding hydrogens is 188 g/mol. The first-order chi connectivity index (χ1) is 7.43. The van der Waals surface area contributed by atoms with Gasteiger partial charge in [0.05, 0.1) is 5.52 Å². The topological polar surface area (TPSA) is 53.6 Å². The van der Waals surface area contributed by atoms with Crippen LogP contribution in [0.15, 0.2) is 24.4 Å². The van der Waals surface area contributed by atoms with Gasteiger partial charge in [-0.1, -0.05) is 6.08 Å². The summed E-state index contributed by atoms with van der Waals surface area (Å²) in [6.45, 7) is 1.95. The van der Waals surface area contributed by atoms with E-state index in [4.69, 9.17) is 0 Å². The highest BCUT2D eigenvalue weighted by molar-refractivity contribution is 5.75. The lowest BCUT2D eigenvalue weighted by atomic mass is 10.1. The molecule has 0 fully saturated rings. The van der Waals surface area contributed by atoms with E-state index in [1.807, 2.05) is 12.1 Å². The van der Waals surface area contributed by atoms with Crippen LogP contribution in [0, 0.1) is 0 Å². The lowest BCUT2D eigenvalue weighted by Crippen LogP contribution is -2.20. The Morgan fingerprint density at radius 1 is 1.33 bits per heavy atom. The molecule has 0 spiro atoms. The second kappa shape index (κ2) is 3.47. The molecule has 0 amide bonds. The molecule has 4 nitrogen and oxygen atoms in total. The van der Waals surface area contributed by atoms with Gasteiger partial charge in [-0.25, -0.2) is 9.97 Å². The van der Waals surface area contributed by atoms with Gasteiger partial charge >= 0.3 is 0 Å². The van der Waals surface area contributed by atoms with Crippen molar-refractivity contribution in [2.45, 2.75) is 6.42 Å². The van der Waals surface area contributed by atoms with Crippen molar-refractivity contribution in [2.75, 3.05) is 13.1 Å². The molecular formula is C11H12N4. The van der Waals surface area contributed by atoms with Gasteiger partial charge in [-0.3, -0.25) is 0 Å². The molecule has 0 radical (unpaired) electrons. The van der Waals surface area contributed by atoms with Gasteiger partial charge in [-0.2, -0.15) is 0 Å². The number of hydrogen-bond acceptors (Lipinski definition) is 3. The van der Waals surface area contributed by atoms with Crippen molar-refractivity contribution >= 4 is 16.7 Å². The number of aromatic amines is 1. The van der Waals surface area contributed by atoms with E-state index in [-0.39, 0.29) is 0 Å². The van der Waals surface area contributed by atoms with Crippen LogP contribution < -0.4 is 5.32 Å². The highest BCUT2D eigenvalue weighted by Crippen LogP contribution is 2.18. The zero-order valence-corrected chi connectivity index (χ0v) is 8.33. The van der Waals surface area contributed by atoms with E-state index in [0.717, 1.165) is 36.5 Å². The van der Waals surface area contributed by atoms with Gasteiger partial charge in [0.15, 0.2) is 5.65 Å². The standard InChI is InChI=1S/C11H12N4/c1-2-9-11(13-5-1)15-10(14-9)8-3-6-12-7-4-8/h1-3,5,12H,4,6-7H2,(H,13,14,15). The molecule has 0 bridgehead atoms. The fourth-order valence-electron chi connectivity index (χ4n) is 1.83. The van der Waals surface area contributed by atoms with Crippen molar-refractivity contribution in [3.05, 3.63) is 30.2 Å². The van der Waals surface area contributed by atoms with Crippen molar-refractivity contribution in [3.8, 4) is 0 Å². The summed E-state index contributed by atoms with van der Waals surface area (Å²) in [7, 11) is 0. The van der Waals surface area contributed by atoms with Gasteiger partial charge < -0.3 is 10.3 Å². The molecule has 1 aliphatic heterocycles. The van der Waals surface area contributed by atoms with Crippen molar-refractivity contribution in [1.29, 1.82) is 0 Å². The van der Waals surface area contributed by atoms with E-state index in [1.165, 1.54) is 5.57 Å². The van der Waals surface area contributed by atoms with E-state index in [1.54, 1.807) is 6.20 Å². The van der Waals surface area contributed by atoms with Crippen LogP contribution in [0.5, 0.6) is 0 Å². The molecule has 0 saturated heterocycles. The second-order valence-electron chi connectivity index (χ2n) is 3.64. The average Bonchev–Trinajstić information content (AvgIpc) is 2.74. The molecule has 4 heteroatoms. The van der Waals surface area contributed by atoms with Crippen LogP contribution in [0.25, 0.3) is 16.7 Å². The Bertz CT molecular complexity index is 479. The molecule has 3 heterocycles. The fraction of sp³-hybridized carbons (Fsp3) is 0.273. The quantitative estimate of drug-likeness (QED) is 0.730. The minimum absolute atomic E-state index is 0.798. The summed E-state index contributed by atoms with van der Waals surface area (Å²) in [6, 6.07) is 3.92. The summed E-state index contributed by atoms with van der Waals surface area (Å²) in [5.74, 6) is 0.963. The molecule has 0 saturated carbocycles. The van der Waals surface area contributed by atoms with Crippen LogP contribution >= 0.6 is 0 Å². The van der Waals surface area contributed by atoms with E-state index < -0.39 is 0 Å². The van der Waals surface area contributed by atoms with Crippen LogP contribution in [-0.4, -0.2) is 28.0 Å². The molecule has 2 aromatic heterocycles. The molecule has 0 unspecified atom stereocenters. The molecule has 2 aromatic rings. The zero-order chi connectivity index (χ0) is 10.1. The predicted molar refractivity (Wildman–Crippen MR) is 59.4 cm³/mol. The second-order valence-corrected chi connectivity index (χ2v) is 3.64. The van der Waals surface area contributed by atoms with E-state index in [2.05, 4.69) is 26.3 Å². The third-order valence-electron chi connectivity index (χ3n) is 2.63. The van der Waals surface area contributed by atoms with Gasteiger partial charge in [-0.05, 0) is 30.7 Å². The van der Waals surface area contributed by atoms with Gasteiger partial charge in [0.25, 0.3) is 0 Å². The van der Waals surface area contributed by atoms with E-state index >= 15 is 0 Å². The van der Waals surface area contributed by atoms with Gasteiger partial charge in [0.2, 0.25) is 0 Å². The van der Waals surface area contributed by atoms with Crippen molar-refractivity contribution in [3.63, 3.8) is 0 Å². The number of aromatic nitrogens is 3. The van der Waals surface area contributed by atoms with Crippen LogP contribution in [0.1, 0.15) is 12.2 Å². The Morgan fingerprint density at radius 2 is 2.33 bits per heavy atom. The first-order valence-electron chi connectivity index (χ1n) is 5.14. The third kappa shape index (κ3) is 1.53. The first kappa shape index (κ1) is 8.61.